The van der Waals surface area contributed by atoms with E-state index in [1.54, 1.807) is 6.08 Å². The molecule has 0 saturated heterocycles. The standard InChI is InChI=1S/C13H22O/c1-2-3-4-5-6-7-8-9-10-11-12-13-14/h6-7,9-12,14H,2-5,8,13H2,1H3/b7-6-,10-9-,12-11+. The fourth-order valence-electron chi connectivity index (χ4n) is 1.10. The molecular formula is C13H22O. The lowest BCUT2D eigenvalue weighted by atomic mass is 10.2. The van der Waals surface area contributed by atoms with Crippen molar-refractivity contribution in [3.63, 3.8) is 0 Å². The van der Waals surface area contributed by atoms with Gasteiger partial charge in [0.15, 0.2) is 0 Å². The second-order valence-corrected chi connectivity index (χ2v) is 3.24. The van der Waals surface area contributed by atoms with Gasteiger partial charge in [-0.1, -0.05) is 56.2 Å². The highest BCUT2D eigenvalue weighted by atomic mass is 16.2. The topological polar surface area (TPSA) is 20.2 Å². The van der Waals surface area contributed by atoms with Gasteiger partial charge in [-0.15, -0.1) is 0 Å². The van der Waals surface area contributed by atoms with Crippen LogP contribution in [0.5, 0.6) is 0 Å². The van der Waals surface area contributed by atoms with E-state index in [-0.39, 0.29) is 6.61 Å². The molecule has 0 radical (unpaired) electrons. The van der Waals surface area contributed by atoms with E-state index in [1.807, 2.05) is 12.2 Å². The second-order valence-electron chi connectivity index (χ2n) is 3.24. The average molecular weight is 194 g/mol. The Kier molecular flexibility index (Phi) is 11.5. The van der Waals surface area contributed by atoms with E-state index in [4.69, 9.17) is 5.11 Å². The quantitative estimate of drug-likeness (QED) is 0.355. The highest BCUT2D eigenvalue weighted by Crippen LogP contribution is 2.00. The first kappa shape index (κ1) is 13.2. The van der Waals surface area contributed by atoms with Gasteiger partial charge < -0.3 is 5.11 Å². The average Bonchev–Trinajstić information content (AvgIpc) is 2.21. The van der Waals surface area contributed by atoms with Gasteiger partial charge >= 0.3 is 0 Å². The second kappa shape index (κ2) is 12.2. The predicted molar refractivity (Wildman–Crippen MR) is 63.3 cm³/mol. The van der Waals surface area contributed by atoms with E-state index in [1.165, 1.54) is 25.7 Å². The van der Waals surface area contributed by atoms with Crippen LogP contribution in [0.3, 0.4) is 0 Å². The molecule has 0 aromatic heterocycles. The number of aliphatic hydroxyl groups excluding tert-OH is 1. The van der Waals surface area contributed by atoms with Crippen LogP contribution in [-0.4, -0.2) is 11.7 Å². The van der Waals surface area contributed by atoms with Crippen LogP contribution in [0.2, 0.25) is 0 Å². The van der Waals surface area contributed by atoms with Gasteiger partial charge in [0.05, 0.1) is 6.61 Å². The van der Waals surface area contributed by atoms with Crippen LogP contribution in [0.1, 0.15) is 39.0 Å². The minimum Gasteiger partial charge on any atom is -0.392 e. The van der Waals surface area contributed by atoms with Crippen LogP contribution in [0.25, 0.3) is 0 Å². The van der Waals surface area contributed by atoms with Crippen molar-refractivity contribution in [1.29, 1.82) is 0 Å². The summed E-state index contributed by atoms with van der Waals surface area (Å²) in [7, 11) is 0. The maximum atomic E-state index is 8.45. The summed E-state index contributed by atoms with van der Waals surface area (Å²) >= 11 is 0. The molecule has 1 nitrogen and oxygen atoms in total. The Labute approximate surface area is 87.8 Å². The Morgan fingerprint density at radius 1 is 0.929 bits per heavy atom. The number of allylic oxidation sites excluding steroid dienone is 5. The third kappa shape index (κ3) is 11.2. The van der Waals surface area contributed by atoms with Crippen LogP contribution in [-0.2, 0) is 0 Å². The number of hydrogen-bond donors (Lipinski definition) is 1. The first-order valence-electron chi connectivity index (χ1n) is 5.49. The fraction of sp³-hybridized carbons (Fsp3) is 0.538. The normalized spacial score (nSPS) is 12.4. The van der Waals surface area contributed by atoms with Crippen LogP contribution >= 0.6 is 0 Å². The molecule has 0 amide bonds. The van der Waals surface area contributed by atoms with Gasteiger partial charge in [-0.2, -0.15) is 0 Å². The van der Waals surface area contributed by atoms with E-state index < -0.39 is 0 Å². The molecular weight excluding hydrogens is 172 g/mol. The molecule has 0 unspecified atom stereocenters. The Morgan fingerprint density at radius 3 is 2.43 bits per heavy atom. The van der Waals surface area contributed by atoms with E-state index in [0.29, 0.717) is 0 Å². The molecule has 0 aliphatic carbocycles. The molecule has 0 rings (SSSR count). The van der Waals surface area contributed by atoms with Crippen LogP contribution in [0, 0.1) is 0 Å². The van der Waals surface area contributed by atoms with Crippen molar-refractivity contribution in [2.75, 3.05) is 6.61 Å². The lowest BCUT2D eigenvalue weighted by molar-refractivity contribution is 0.343. The van der Waals surface area contributed by atoms with E-state index >= 15 is 0 Å². The predicted octanol–water partition coefficient (Wildman–Crippen LogP) is 3.62. The maximum absolute atomic E-state index is 8.45. The SMILES string of the molecule is CCCCC/C=C\C/C=C\C=C\CO. The van der Waals surface area contributed by atoms with Crippen molar-refractivity contribution < 1.29 is 5.11 Å². The Hall–Kier alpha value is -0.820. The number of rotatable bonds is 8. The van der Waals surface area contributed by atoms with Crippen molar-refractivity contribution in [2.24, 2.45) is 0 Å². The number of hydrogen-bond acceptors (Lipinski definition) is 1. The highest BCUT2D eigenvalue weighted by Gasteiger charge is 1.80. The molecule has 0 spiro atoms. The minimum absolute atomic E-state index is 0.122. The van der Waals surface area contributed by atoms with Gasteiger partial charge in [0.1, 0.15) is 0 Å². The summed E-state index contributed by atoms with van der Waals surface area (Å²) in [6.45, 7) is 2.34. The summed E-state index contributed by atoms with van der Waals surface area (Å²) in [4.78, 5) is 0. The lowest BCUT2D eigenvalue weighted by Crippen LogP contribution is -1.70. The van der Waals surface area contributed by atoms with E-state index in [2.05, 4.69) is 25.2 Å². The number of aliphatic hydroxyl groups is 1. The molecule has 1 N–H and O–H groups in total. The summed E-state index contributed by atoms with van der Waals surface area (Å²) in [5.41, 5.74) is 0. The molecule has 0 aromatic carbocycles. The van der Waals surface area contributed by atoms with Gasteiger partial charge in [-0.25, -0.2) is 0 Å². The summed E-state index contributed by atoms with van der Waals surface area (Å²) in [6.07, 6.45) is 18.2. The minimum atomic E-state index is 0.122. The molecule has 80 valence electrons. The summed E-state index contributed by atoms with van der Waals surface area (Å²) in [6, 6.07) is 0. The molecule has 1 heteroatoms. The third-order valence-electron chi connectivity index (χ3n) is 1.90. The van der Waals surface area contributed by atoms with Crippen LogP contribution in [0.4, 0.5) is 0 Å². The van der Waals surface area contributed by atoms with Gasteiger partial charge in [0, 0.05) is 0 Å². The van der Waals surface area contributed by atoms with Gasteiger partial charge in [-0.3, -0.25) is 0 Å². The zero-order chi connectivity index (χ0) is 10.5. The molecule has 0 aromatic rings. The molecule has 0 fully saturated rings. The molecule has 0 aliphatic rings. The smallest absolute Gasteiger partial charge is 0.0615 e. The summed E-state index contributed by atoms with van der Waals surface area (Å²) < 4.78 is 0. The van der Waals surface area contributed by atoms with Crippen molar-refractivity contribution in [3.05, 3.63) is 36.5 Å². The van der Waals surface area contributed by atoms with Crippen LogP contribution in [0.15, 0.2) is 36.5 Å². The third-order valence-corrected chi connectivity index (χ3v) is 1.90. The molecule has 0 saturated carbocycles. The summed E-state index contributed by atoms with van der Waals surface area (Å²) in [5, 5.41) is 8.45. The Morgan fingerprint density at radius 2 is 1.71 bits per heavy atom. The fourth-order valence-corrected chi connectivity index (χ4v) is 1.10. The van der Waals surface area contributed by atoms with E-state index in [9.17, 15) is 0 Å². The monoisotopic (exact) mass is 194 g/mol. The maximum Gasteiger partial charge on any atom is 0.0615 e. The van der Waals surface area contributed by atoms with Crippen molar-refractivity contribution >= 4 is 0 Å². The Bertz CT molecular complexity index is 178. The van der Waals surface area contributed by atoms with Crippen molar-refractivity contribution in [1.82, 2.24) is 0 Å². The molecule has 14 heavy (non-hydrogen) atoms. The summed E-state index contributed by atoms with van der Waals surface area (Å²) in [5.74, 6) is 0. The Balaban J connectivity index is 3.25. The number of unbranched alkanes of at least 4 members (excludes halogenated alkanes) is 3. The van der Waals surface area contributed by atoms with Gasteiger partial charge in [0.2, 0.25) is 0 Å². The van der Waals surface area contributed by atoms with Crippen molar-refractivity contribution in [3.8, 4) is 0 Å². The molecule has 0 bridgehead atoms. The largest absolute Gasteiger partial charge is 0.392 e. The van der Waals surface area contributed by atoms with Gasteiger partial charge in [-0.05, 0) is 19.3 Å². The van der Waals surface area contributed by atoms with Crippen molar-refractivity contribution in [2.45, 2.75) is 39.0 Å². The van der Waals surface area contributed by atoms with E-state index in [0.717, 1.165) is 6.42 Å². The molecule has 0 heterocycles. The molecule has 0 aliphatic heterocycles. The lowest BCUT2D eigenvalue weighted by Gasteiger charge is -1.90. The first-order chi connectivity index (χ1) is 6.91. The zero-order valence-corrected chi connectivity index (χ0v) is 9.15. The molecule has 0 atom stereocenters. The van der Waals surface area contributed by atoms with Crippen LogP contribution < -0.4 is 0 Å². The van der Waals surface area contributed by atoms with Gasteiger partial charge in [0.25, 0.3) is 0 Å². The first-order valence-corrected chi connectivity index (χ1v) is 5.49. The zero-order valence-electron chi connectivity index (χ0n) is 9.15. The highest BCUT2D eigenvalue weighted by molar-refractivity contribution is 5.04.